The van der Waals surface area contributed by atoms with E-state index in [1.165, 1.54) is 0 Å². The monoisotopic (exact) mass is 288 g/mol. The summed E-state index contributed by atoms with van der Waals surface area (Å²) in [5, 5.41) is 2.64. The lowest BCUT2D eigenvalue weighted by atomic mass is 10.0. The summed E-state index contributed by atoms with van der Waals surface area (Å²) in [4.78, 5) is 25.8. The lowest BCUT2D eigenvalue weighted by Crippen LogP contribution is -2.54. The molecule has 0 saturated carbocycles. The summed E-state index contributed by atoms with van der Waals surface area (Å²) in [6.07, 6.45) is 5.20. The van der Waals surface area contributed by atoms with Gasteiger partial charge in [0, 0.05) is 12.3 Å². The molecule has 1 saturated heterocycles. The molecule has 2 amide bonds. The Morgan fingerprint density at radius 1 is 1.35 bits per heavy atom. The zero-order chi connectivity index (χ0) is 14.4. The number of carbonyl (C=O) groups excluding carboxylic acids is 2. The van der Waals surface area contributed by atoms with Gasteiger partial charge in [-0.3, -0.25) is 9.59 Å². The van der Waals surface area contributed by atoms with E-state index in [1.807, 2.05) is 30.3 Å². The molecule has 1 atom stereocenters. The van der Waals surface area contributed by atoms with Crippen LogP contribution in [-0.2, 0) is 9.59 Å². The molecule has 4 nitrogen and oxygen atoms in total. The van der Waals surface area contributed by atoms with Crippen molar-refractivity contribution in [3.8, 4) is 12.3 Å². The molecular formula is C15H16N2O2S. The average molecular weight is 288 g/mol. The Bertz CT molecular complexity index is 524. The van der Waals surface area contributed by atoms with Crippen molar-refractivity contribution >= 4 is 23.6 Å². The van der Waals surface area contributed by atoms with E-state index in [1.54, 1.807) is 16.7 Å². The van der Waals surface area contributed by atoms with Gasteiger partial charge in [0.25, 0.3) is 0 Å². The molecule has 0 aromatic heterocycles. The number of rotatable bonds is 5. The third-order valence-corrected chi connectivity index (χ3v) is 3.91. The van der Waals surface area contributed by atoms with E-state index in [2.05, 4.69) is 11.2 Å². The molecule has 20 heavy (non-hydrogen) atoms. The summed E-state index contributed by atoms with van der Waals surface area (Å²) in [7, 11) is 0. The van der Waals surface area contributed by atoms with Crippen LogP contribution in [-0.4, -0.2) is 41.3 Å². The fourth-order valence-corrected chi connectivity index (χ4v) is 2.75. The Balaban J connectivity index is 2.13. The quantitative estimate of drug-likeness (QED) is 0.651. The molecule has 1 heterocycles. The molecule has 5 heteroatoms. The van der Waals surface area contributed by atoms with Crippen LogP contribution in [0.15, 0.2) is 30.3 Å². The van der Waals surface area contributed by atoms with Crippen molar-refractivity contribution in [2.45, 2.75) is 6.04 Å². The number of hydrogen-bond donors (Lipinski definition) is 1. The number of thioether (sulfide) groups is 1. The van der Waals surface area contributed by atoms with E-state index in [4.69, 9.17) is 6.42 Å². The number of nitrogens with zero attached hydrogens (tertiary/aromatic N) is 1. The Hall–Kier alpha value is -1.93. The van der Waals surface area contributed by atoms with Gasteiger partial charge in [0.1, 0.15) is 6.04 Å². The minimum absolute atomic E-state index is 0.0558. The Labute approximate surface area is 122 Å². The lowest BCUT2D eigenvalue weighted by molar-refractivity contribution is -0.145. The number of carbonyl (C=O) groups is 2. The predicted molar refractivity (Wildman–Crippen MR) is 80.1 cm³/mol. The van der Waals surface area contributed by atoms with Crippen LogP contribution in [0.5, 0.6) is 0 Å². The summed E-state index contributed by atoms with van der Waals surface area (Å²) in [6.45, 7) is 0.597. The van der Waals surface area contributed by atoms with Gasteiger partial charge in [-0.1, -0.05) is 36.3 Å². The summed E-state index contributed by atoms with van der Waals surface area (Å²) >= 11 is 1.59. The lowest BCUT2D eigenvalue weighted by Gasteiger charge is -2.35. The fourth-order valence-electron chi connectivity index (χ4n) is 2.16. The molecule has 1 N–H and O–H groups in total. The maximum Gasteiger partial charge on any atom is 0.247 e. The number of nitrogens with one attached hydrogen (secondary N) is 1. The molecule has 1 unspecified atom stereocenters. The van der Waals surface area contributed by atoms with E-state index >= 15 is 0 Å². The normalized spacial score (nSPS) is 18.6. The summed E-state index contributed by atoms with van der Waals surface area (Å²) in [5.74, 6) is 3.71. The van der Waals surface area contributed by atoms with Crippen molar-refractivity contribution in [2.24, 2.45) is 0 Å². The molecule has 104 valence electrons. The van der Waals surface area contributed by atoms with Gasteiger partial charge >= 0.3 is 0 Å². The first kappa shape index (κ1) is 14.5. The van der Waals surface area contributed by atoms with Crippen molar-refractivity contribution in [3.63, 3.8) is 0 Å². The van der Waals surface area contributed by atoms with Gasteiger partial charge in [0.15, 0.2) is 0 Å². The maximum atomic E-state index is 12.1. The van der Waals surface area contributed by atoms with Crippen LogP contribution >= 0.6 is 11.8 Å². The molecule has 1 aromatic carbocycles. The zero-order valence-corrected chi connectivity index (χ0v) is 11.9. The summed E-state index contributed by atoms with van der Waals surface area (Å²) in [6, 6.07) is 8.82. The van der Waals surface area contributed by atoms with Gasteiger partial charge in [-0.15, -0.1) is 18.2 Å². The van der Waals surface area contributed by atoms with E-state index in [9.17, 15) is 9.59 Å². The average Bonchev–Trinajstić information content (AvgIpc) is 2.48. The first-order chi connectivity index (χ1) is 9.74. The van der Waals surface area contributed by atoms with Crippen LogP contribution in [0.3, 0.4) is 0 Å². The maximum absolute atomic E-state index is 12.1. The molecule has 2 rings (SSSR count). The fraction of sp³-hybridized carbons (Fsp3) is 0.333. The van der Waals surface area contributed by atoms with Crippen LogP contribution in [0, 0.1) is 12.3 Å². The highest BCUT2D eigenvalue weighted by Gasteiger charge is 2.34. The Morgan fingerprint density at radius 2 is 2.10 bits per heavy atom. The largest absolute Gasteiger partial charge is 0.345 e. The van der Waals surface area contributed by atoms with Crippen molar-refractivity contribution in [3.05, 3.63) is 35.9 Å². The number of piperazine rings is 1. The second kappa shape index (κ2) is 7.01. The Morgan fingerprint density at radius 3 is 2.80 bits per heavy atom. The molecular weight excluding hydrogens is 272 g/mol. The van der Waals surface area contributed by atoms with Crippen LogP contribution in [0.1, 0.15) is 11.6 Å². The highest BCUT2D eigenvalue weighted by molar-refractivity contribution is 7.99. The molecule has 0 aliphatic carbocycles. The molecule has 1 aliphatic heterocycles. The number of amides is 2. The predicted octanol–water partition coefficient (Wildman–Crippen LogP) is 1.05. The summed E-state index contributed by atoms with van der Waals surface area (Å²) < 4.78 is 0. The van der Waals surface area contributed by atoms with Gasteiger partial charge in [-0.25, -0.2) is 0 Å². The van der Waals surface area contributed by atoms with Crippen LogP contribution in [0.2, 0.25) is 0 Å². The van der Waals surface area contributed by atoms with Crippen molar-refractivity contribution < 1.29 is 9.59 Å². The van der Waals surface area contributed by atoms with Gasteiger partial charge in [-0.2, -0.15) is 0 Å². The summed E-state index contributed by atoms with van der Waals surface area (Å²) in [5.41, 5.74) is 0.833. The zero-order valence-electron chi connectivity index (χ0n) is 11.0. The minimum Gasteiger partial charge on any atom is -0.345 e. The molecule has 1 aromatic rings. The SMILES string of the molecule is C#CCSCCN1C(=O)CNC(=O)C1c1ccccc1. The van der Waals surface area contributed by atoms with Crippen LogP contribution in [0.25, 0.3) is 0 Å². The standard InChI is InChI=1S/C15H16N2O2S/c1-2-9-20-10-8-17-13(18)11-16-15(19)14(17)12-6-4-3-5-7-12/h1,3-7,14H,8-11H2,(H,16,19). The van der Waals surface area contributed by atoms with Crippen LogP contribution in [0.4, 0.5) is 0 Å². The molecule has 0 spiro atoms. The van der Waals surface area contributed by atoms with Crippen molar-refractivity contribution in [2.75, 3.05) is 24.6 Å². The Kier molecular flexibility index (Phi) is 5.08. The third kappa shape index (κ3) is 3.34. The molecule has 0 bridgehead atoms. The second-order valence-corrected chi connectivity index (χ2v) is 5.48. The van der Waals surface area contributed by atoms with E-state index in [0.717, 1.165) is 11.3 Å². The van der Waals surface area contributed by atoms with E-state index in [-0.39, 0.29) is 18.4 Å². The van der Waals surface area contributed by atoms with Gasteiger partial charge in [-0.05, 0) is 5.56 Å². The number of hydrogen-bond acceptors (Lipinski definition) is 3. The van der Waals surface area contributed by atoms with E-state index < -0.39 is 6.04 Å². The number of terminal acetylenes is 1. The first-order valence-corrected chi connectivity index (χ1v) is 7.53. The highest BCUT2D eigenvalue weighted by atomic mass is 32.2. The van der Waals surface area contributed by atoms with Crippen molar-refractivity contribution in [1.82, 2.24) is 10.2 Å². The van der Waals surface area contributed by atoms with Gasteiger partial charge in [0.2, 0.25) is 11.8 Å². The first-order valence-electron chi connectivity index (χ1n) is 6.37. The van der Waals surface area contributed by atoms with E-state index in [0.29, 0.717) is 12.3 Å². The molecule has 0 radical (unpaired) electrons. The smallest absolute Gasteiger partial charge is 0.247 e. The van der Waals surface area contributed by atoms with Crippen molar-refractivity contribution in [1.29, 1.82) is 0 Å². The molecule has 1 fully saturated rings. The highest BCUT2D eigenvalue weighted by Crippen LogP contribution is 2.23. The minimum atomic E-state index is -0.538. The second-order valence-electron chi connectivity index (χ2n) is 4.37. The van der Waals surface area contributed by atoms with Gasteiger partial charge < -0.3 is 10.2 Å². The topological polar surface area (TPSA) is 49.4 Å². The number of benzene rings is 1. The third-order valence-electron chi connectivity index (χ3n) is 3.07. The van der Waals surface area contributed by atoms with Gasteiger partial charge in [0.05, 0.1) is 12.3 Å². The van der Waals surface area contributed by atoms with Crippen LogP contribution < -0.4 is 5.32 Å². The molecule has 1 aliphatic rings.